The molecule has 1 heterocycles. The third-order valence-electron chi connectivity index (χ3n) is 8.87. The predicted octanol–water partition coefficient (Wildman–Crippen LogP) is 12.6. The fourth-order valence-corrected chi connectivity index (χ4v) is 6.62. The van der Waals surface area contributed by atoms with Crippen molar-refractivity contribution in [2.45, 2.75) is 13.8 Å². The average molecular weight is 619 g/mol. The van der Waals surface area contributed by atoms with Crippen LogP contribution >= 0.6 is 0 Å². The highest BCUT2D eigenvalue weighted by Crippen LogP contribution is 2.40. The molecule has 1 aromatic heterocycles. The van der Waals surface area contributed by atoms with Crippen LogP contribution in [0, 0.1) is 13.8 Å². The Morgan fingerprint density at radius 1 is 0.438 bits per heavy atom. The molecule has 0 radical (unpaired) electrons. The van der Waals surface area contributed by atoms with Gasteiger partial charge in [0.05, 0.1) is 0 Å². The minimum Gasteiger partial charge on any atom is -0.436 e. The van der Waals surface area contributed by atoms with Crippen molar-refractivity contribution in [3.8, 4) is 44.8 Å². The van der Waals surface area contributed by atoms with E-state index < -0.39 is 0 Å². The van der Waals surface area contributed by atoms with Gasteiger partial charge in [0.15, 0.2) is 5.58 Å². The molecule has 0 atom stereocenters. The van der Waals surface area contributed by atoms with Crippen LogP contribution in [0.25, 0.3) is 55.9 Å². The van der Waals surface area contributed by atoms with Gasteiger partial charge in [-0.25, -0.2) is 4.98 Å². The summed E-state index contributed by atoms with van der Waals surface area (Å²) in [5.41, 5.74) is 15.4. The minimum absolute atomic E-state index is 0.644. The summed E-state index contributed by atoms with van der Waals surface area (Å²) in [6, 6.07) is 60.0. The smallest absolute Gasteiger partial charge is 0.227 e. The second kappa shape index (κ2) is 12.5. The number of rotatable bonds is 7. The van der Waals surface area contributed by atoms with Crippen molar-refractivity contribution in [1.82, 2.24) is 4.98 Å². The molecule has 0 aliphatic carbocycles. The normalized spacial score (nSPS) is 11.1. The topological polar surface area (TPSA) is 29.3 Å². The number of fused-ring (bicyclic) bond motifs is 1. The highest BCUT2D eigenvalue weighted by Gasteiger charge is 2.16. The second-order valence-corrected chi connectivity index (χ2v) is 12.2. The van der Waals surface area contributed by atoms with E-state index in [4.69, 9.17) is 9.40 Å². The number of benzene rings is 7. The number of nitrogens with zero attached hydrogens (tertiary/aromatic N) is 2. The molecule has 0 saturated carbocycles. The SMILES string of the molecule is Cc1cc(C)c2oc(-c3ccc(-c4ccccc4-c4ccccc4-c4ccc(N(c5ccccc5)c5ccccc5)cc4)cc3)nc2c1. The summed E-state index contributed by atoms with van der Waals surface area (Å²) in [5, 5.41) is 0. The molecule has 8 aromatic rings. The fraction of sp³-hybridized carbons (Fsp3) is 0.0444. The van der Waals surface area contributed by atoms with Crippen LogP contribution in [0.3, 0.4) is 0 Å². The van der Waals surface area contributed by atoms with Crippen LogP contribution in [0.1, 0.15) is 11.1 Å². The maximum atomic E-state index is 6.20. The van der Waals surface area contributed by atoms with E-state index in [9.17, 15) is 0 Å². The standard InChI is InChI=1S/C45H34N2O/c1-31-29-32(2)44-43(30-31)46-45(48-44)35-23-21-33(22-24-35)39-17-9-11-19-41(39)42-20-12-10-18-40(42)34-25-27-38(28-26-34)47(36-13-5-3-6-14-36)37-15-7-4-8-16-37/h3-30H,1-2H3. The Morgan fingerprint density at radius 3 is 1.42 bits per heavy atom. The number of anilines is 3. The van der Waals surface area contributed by atoms with Crippen LogP contribution in [-0.2, 0) is 0 Å². The number of aryl methyl sites for hydroxylation is 2. The Labute approximate surface area is 281 Å². The summed E-state index contributed by atoms with van der Waals surface area (Å²) in [6.45, 7) is 4.16. The van der Waals surface area contributed by atoms with Crippen LogP contribution in [0.5, 0.6) is 0 Å². The van der Waals surface area contributed by atoms with E-state index in [1.165, 1.54) is 33.4 Å². The van der Waals surface area contributed by atoms with Crippen molar-refractivity contribution >= 4 is 28.2 Å². The van der Waals surface area contributed by atoms with Crippen molar-refractivity contribution in [1.29, 1.82) is 0 Å². The number of hydrogen-bond donors (Lipinski definition) is 0. The van der Waals surface area contributed by atoms with Gasteiger partial charge in [0.1, 0.15) is 5.52 Å². The van der Waals surface area contributed by atoms with Crippen LogP contribution in [0.4, 0.5) is 17.1 Å². The zero-order valence-electron chi connectivity index (χ0n) is 27.0. The molecule has 48 heavy (non-hydrogen) atoms. The summed E-state index contributed by atoms with van der Waals surface area (Å²) in [5.74, 6) is 0.644. The van der Waals surface area contributed by atoms with Gasteiger partial charge < -0.3 is 9.32 Å². The fourth-order valence-electron chi connectivity index (χ4n) is 6.62. The Hall–Kier alpha value is -6.19. The van der Waals surface area contributed by atoms with Crippen LogP contribution in [-0.4, -0.2) is 4.98 Å². The van der Waals surface area contributed by atoms with Gasteiger partial charge in [-0.3, -0.25) is 0 Å². The van der Waals surface area contributed by atoms with E-state index >= 15 is 0 Å². The quantitative estimate of drug-likeness (QED) is 0.178. The van der Waals surface area contributed by atoms with Crippen molar-refractivity contribution in [2.75, 3.05) is 4.90 Å². The lowest BCUT2D eigenvalue weighted by molar-refractivity contribution is 0.617. The van der Waals surface area contributed by atoms with Gasteiger partial charge in [-0.2, -0.15) is 0 Å². The number of hydrogen-bond acceptors (Lipinski definition) is 3. The monoisotopic (exact) mass is 618 g/mol. The molecular weight excluding hydrogens is 585 g/mol. The molecule has 0 aliphatic rings. The van der Waals surface area contributed by atoms with Crippen molar-refractivity contribution in [2.24, 2.45) is 0 Å². The van der Waals surface area contributed by atoms with Crippen molar-refractivity contribution in [3.63, 3.8) is 0 Å². The Balaban J connectivity index is 1.14. The Bertz CT molecular complexity index is 2300. The molecule has 0 saturated heterocycles. The molecule has 0 spiro atoms. The Morgan fingerprint density at radius 2 is 0.875 bits per heavy atom. The maximum absolute atomic E-state index is 6.20. The first kappa shape index (κ1) is 29.2. The van der Waals surface area contributed by atoms with Gasteiger partial charge in [-0.05, 0) is 113 Å². The molecule has 0 aliphatic heterocycles. The maximum Gasteiger partial charge on any atom is 0.227 e. The first-order valence-corrected chi connectivity index (χ1v) is 16.3. The minimum atomic E-state index is 0.644. The molecule has 3 heteroatoms. The summed E-state index contributed by atoms with van der Waals surface area (Å²) in [7, 11) is 0. The first-order valence-electron chi connectivity index (χ1n) is 16.3. The lowest BCUT2D eigenvalue weighted by Gasteiger charge is -2.25. The summed E-state index contributed by atoms with van der Waals surface area (Å²) in [6.07, 6.45) is 0. The predicted molar refractivity (Wildman–Crippen MR) is 200 cm³/mol. The van der Waals surface area contributed by atoms with Crippen LogP contribution < -0.4 is 4.90 Å². The molecule has 8 rings (SSSR count). The first-order chi connectivity index (χ1) is 23.6. The Kier molecular flexibility index (Phi) is 7.64. The molecule has 3 nitrogen and oxygen atoms in total. The molecular formula is C45H34N2O. The molecule has 7 aromatic carbocycles. The second-order valence-electron chi connectivity index (χ2n) is 12.2. The van der Waals surface area contributed by atoms with Crippen LogP contribution in [0.15, 0.2) is 174 Å². The van der Waals surface area contributed by atoms with Gasteiger partial charge in [0, 0.05) is 22.6 Å². The molecule has 0 N–H and O–H groups in total. The zero-order valence-corrected chi connectivity index (χ0v) is 27.0. The number of aromatic nitrogens is 1. The van der Waals surface area contributed by atoms with Gasteiger partial charge >= 0.3 is 0 Å². The van der Waals surface area contributed by atoms with Gasteiger partial charge in [-0.1, -0.05) is 115 Å². The summed E-state index contributed by atoms with van der Waals surface area (Å²) >= 11 is 0. The third-order valence-corrected chi connectivity index (χ3v) is 8.87. The summed E-state index contributed by atoms with van der Waals surface area (Å²) < 4.78 is 6.20. The van der Waals surface area contributed by atoms with E-state index in [0.29, 0.717) is 5.89 Å². The van der Waals surface area contributed by atoms with E-state index in [0.717, 1.165) is 44.9 Å². The van der Waals surface area contributed by atoms with Crippen LogP contribution in [0.2, 0.25) is 0 Å². The van der Waals surface area contributed by atoms with Crippen molar-refractivity contribution in [3.05, 3.63) is 181 Å². The lowest BCUT2D eigenvalue weighted by Crippen LogP contribution is -2.09. The van der Waals surface area contributed by atoms with E-state index in [-0.39, 0.29) is 0 Å². The van der Waals surface area contributed by atoms with E-state index in [1.807, 2.05) is 0 Å². The molecule has 230 valence electrons. The van der Waals surface area contributed by atoms with E-state index in [1.54, 1.807) is 0 Å². The van der Waals surface area contributed by atoms with Gasteiger partial charge in [0.2, 0.25) is 5.89 Å². The third kappa shape index (κ3) is 5.56. The highest BCUT2D eigenvalue weighted by molar-refractivity contribution is 5.92. The molecule has 0 unspecified atom stereocenters. The summed E-state index contributed by atoms with van der Waals surface area (Å²) in [4.78, 5) is 7.09. The number of oxazole rings is 1. The highest BCUT2D eigenvalue weighted by atomic mass is 16.3. The molecule has 0 fully saturated rings. The molecule has 0 amide bonds. The van der Waals surface area contributed by atoms with Gasteiger partial charge in [-0.15, -0.1) is 0 Å². The average Bonchev–Trinajstić information content (AvgIpc) is 3.58. The van der Waals surface area contributed by atoms with Gasteiger partial charge in [0.25, 0.3) is 0 Å². The largest absolute Gasteiger partial charge is 0.436 e. The number of para-hydroxylation sites is 2. The lowest BCUT2D eigenvalue weighted by atomic mass is 9.89. The zero-order chi connectivity index (χ0) is 32.5. The molecule has 0 bridgehead atoms. The van der Waals surface area contributed by atoms with Crippen molar-refractivity contribution < 1.29 is 4.42 Å². The van der Waals surface area contributed by atoms with E-state index in [2.05, 4.69) is 189 Å².